The molecule has 0 unspecified atom stereocenters. The summed E-state index contributed by atoms with van der Waals surface area (Å²) in [4.78, 5) is 0. The third kappa shape index (κ3) is 9.24. The predicted molar refractivity (Wildman–Crippen MR) is 184 cm³/mol. The van der Waals surface area contributed by atoms with E-state index in [1.807, 2.05) is 0 Å². The summed E-state index contributed by atoms with van der Waals surface area (Å²) in [7, 11) is -10.3. The predicted octanol–water partition coefficient (Wildman–Crippen LogP) is 7.60. The van der Waals surface area contributed by atoms with Crippen LogP contribution in [0.25, 0.3) is 0 Å². The molecule has 0 rings (SSSR count). The normalized spacial score (nSPS) is 16.1. The summed E-state index contributed by atoms with van der Waals surface area (Å²) in [6.07, 6.45) is 0. The molecule has 0 amide bonds. The molecule has 0 saturated carbocycles. The Morgan fingerprint density at radius 1 is 0.545 bits per heavy atom. The Bertz CT molecular complexity index is 770. The van der Waals surface area contributed by atoms with Crippen LogP contribution in [0.15, 0.2) is 9.23 Å². The molecule has 0 saturated heterocycles. The van der Waals surface area contributed by atoms with E-state index in [-0.39, 0.29) is 7.35 Å². The summed E-state index contributed by atoms with van der Waals surface area (Å²) >= 11 is 2.52. The Labute approximate surface area is 228 Å². The Morgan fingerprint density at radius 2 is 0.909 bits per heavy atom. The fraction of sp³-hybridized carbons (Fsp3) is 0.826. The molecule has 0 aromatic heterocycles. The SMILES string of the molecule is C[Si](C)(C)C#C/C(=[C](/[Ge])[Si](C)(C)C)[Si]([Si](C)(C)C)[Si](C)(C)[Si](C)(C)[Si]([Si](C)(C)C)[Si](C)(C)C. The molecule has 5 radical (unpaired) electrons. The van der Waals surface area contributed by atoms with Gasteiger partial charge in [0.1, 0.15) is 0 Å². The Hall–Kier alpha value is 1.79. The van der Waals surface area contributed by atoms with Gasteiger partial charge in [-0.2, -0.15) is 0 Å². The van der Waals surface area contributed by atoms with E-state index in [4.69, 9.17) is 0 Å². The summed E-state index contributed by atoms with van der Waals surface area (Å²) in [5.74, 6) is 4.06. The van der Waals surface area contributed by atoms with Crippen LogP contribution in [0.5, 0.6) is 0 Å². The van der Waals surface area contributed by atoms with Gasteiger partial charge < -0.3 is 0 Å². The molecule has 0 bridgehead atoms. The molecule has 0 fully saturated rings. The zero-order valence-electron chi connectivity index (χ0n) is 26.0. The van der Waals surface area contributed by atoms with Crippen molar-refractivity contribution in [2.24, 2.45) is 0 Å². The van der Waals surface area contributed by atoms with Crippen molar-refractivity contribution in [2.45, 2.75) is 124 Å². The summed E-state index contributed by atoms with van der Waals surface area (Å²) in [6.45, 7) is 51.3. The molecular formula is C23H57GeSi9. The van der Waals surface area contributed by atoms with E-state index in [9.17, 15) is 0 Å². The van der Waals surface area contributed by atoms with E-state index in [1.165, 1.54) is 0 Å². The zero-order valence-corrected chi connectivity index (χ0v) is 37.1. The van der Waals surface area contributed by atoms with Gasteiger partial charge in [0.15, 0.2) is 0 Å². The van der Waals surface area contributed by atoms with Crippen LogP contribution in [0.4, 0.5) is 0 Å². The van der Waals surface area contributed by atoms with E-state index >= 15 is 0 Å². The van der Waals surface area contributed by atoms with E-state index < -0.39 is 61.0 Å². The van der Waals surface area contributed by atoms with Crippen LogP contribution in [0.3, 0.4) is 0 Å². The molecule has 0 N–H and O–H groups in total. The van der Waals surface area contributed by atoms with Gasteiger partial charge in [0.25, 0.3) is 0 Å². The summed E-state index contributed by atoms with van der Waals surface area (Å²) in [5, 5.41) is 1.77. The molecule has 0 heterocycles. The quantitative estimate of drug-likeness (QED) is 0.186. The van der Waals surface area contributed by atoms with Gasteiger partial charge in [-0.3, -0.25) is 0 Å². The molecule has 0 spiro atoms. The fourth-order valence-corrected chi connectivity index (χ4v) is 212. The number of allylic oxidation sites excluding steroid dienone is 1. The third-order valence-corrected chi connectivity index (χ3v) is 134. The summed E-state index contributed by atoms with van der Waals surface area (Å²) < 4.78 is 1.77. The number of hydrogen-bond acceptors (Lipinski definition) is 0. The molecule has 0 aliphatic rings. The third-order valence-electron chi connectivity index (χ3n) is 6.88. The van der Waals surface area contributed by atoms with E-state index in [2.05, 4.69) is 152 Å². The van der Waals surface area contributed by atoms with Crippen LogP contribution in [0.1, 0.15) is 0 Å². The second-order valence-corrected chi connectivity index (χ2v) is 95.1. The minimum atomic E-state index is -1.48. The van der Waals surface area contributed by atoms with Crippen LogP contribution in [-0.4, -0.2) is 84.8 Å². The van der Waals surface area contributed by atoms with Crippen molar-refractivity contribution in [3.05, 3.63) is 9.23 Å². The molecule has 10 heteroatoms. The van der Waals surface area contributed by atoms with Gasteiger partial charge in [0.05, 0.1) is 0 Å². The van der Waals surface area contributed by atoms with E-state index in [0.29, 0.717) is 0 Å². The van der Waals surface area contributed by atoms with Gasteiger partial charge in [0.2, 0.25) is 0 Å². The van der Waals surface area contributed by atoms with E-state index in [1.54, 1.807) is 9.23 Å². The minimum absolute atomic E-state index is 0.274. The molecular weight excluding hydrogens is 602 g/mol. The topological polar surface area (TPSA) is 0 Å². The van der Waals surface area contributed by atoms with Gasteiger partial charge in [-0.05, 0) is 0 Å². The number of rotatable bonds is 8. The first-order valence-corrected chi connectivity index (χ1v) is 46.3. The van der Waals surface area contributed by atoms with Crippen LogP contribution in [0.2, 0.25) is 124 Å². The second-order valence-electron chi connectivity index (χ2n) is 16.2. The van der Waals surface area contributed by atoms with Crippen molar-refractivity contribution in [1.82, 2.24) is 0 Å². The molecule has 0 atom stereocenters. The second kappa shape index (κ2) is 10.9. The maximum atomic E-state index is 4.06. The summed E-state index contributed by atoms with van der Waals surface area (Å²) in [6, 6.07) is 0. The summed E-state index contributed by atoms with van der Waals surface area (Å²) in [5.41, 5.74) is 3.91. The Kier molecular flexibility index (Phi) is 11.5. The molecule has 0 aromatic rings. The van der Waals surface area contributed by atoms with Gasteiger partial charge in [-0.15, -0.1) is 0 Å². The standard InChI is InChI=1S/C23H57GeSi9/c1-27(2,3)21-20-22(23(24)28(4,5)6)25(29(7,8)9)32(16,17)33(18,19)26(30(10,11)12)31(13,14)15/h1-19H3/b23-22+. The molecule has 0 nitrogen and oxygen atoms in total. The average molecular weight is 659 g/mol. The van der Waals surface area contributed by atoms with Crippen molar-refractivity contribution in [2.75, 3.05) is 0 Å². The van der Waals surface area contributed by atoms with Crippen molar-refractivity contribution < 1.29 is 0 Å². The maximum absolute atomic E-state index is 4.06. The Balaban J connectivity index is 7.51. The molecule has 33 heavy (non-hydrogen) atoms. The first kappa shape index (κ1) is 34.8. The van der Waals surface area contributed by atoms with Crippen LogP contribution in [-0.2, 0) is 0 Å². The van der Waals surface area contributed by atoms with Crippen molar-refractivity contribution in [3.63, 3.8) is 0 Å². The van der Waals surface area contributed by atoms with Gasteiger partial charge in [-0.25, -0.2) is 0 Å². The van der Waals surface area contributed by atoms with E-state index in [0.717, 1.165) is 0 Å². The fourth-order valence-electron chi connectivity index (χ4n) is 6.12. The van der Waals surface area contributed by atoms with Gasteiger partial charge in [0, 0.05) is 0 Å². The zero-order chi connectivity index (χ0) is 27.2. The molecule has 0 aliphatic heterocycles. The van der Waals surface area contributed by atoms with Crippen LogP contribution < -0.4 is 0 Å². The monoisotopic (exact) mass is 659 g/mol. The molecule has 0 aliphatic carbocycles. The Morgan fingerprint density at radius 3 is 1.15 bits per heavy atom. The average Bonchev–Trinajstić information content (AvgIpc) is 2.43. The van der Waals surface area contributed by atoms with Crippen molar-refractivity contribution in [3.8, 4) is 11.5 Å². The van der Waals surface area contributed by atoms with Crippen LogP contribution in [0, 0.1) is 11.5 Å². The van der Waals surface area contributed by atoms with Gasteiger partial charge in [-0.1, -0.05) is 0 Å². The van der Waals surface area contributed by atoms with Crippen molar-refractivity contribution >= 4 is 84.8 Å². The van der Waals surface area contributed by atoms with Gasteiger partial charge >= 0.3 is 230 Å². The van der Waals surface area contributed by atoms with Crippen molar-refractivity contribution in [1.29, 1.82) is 0 Å². The molecule has 0 aromatic carbocycles. The van der Waals surface area contributed by atoms with Crippen LogP contribution >= 0.6 is 0 Å². The first-order valence-electron chi connectivity index (χ1n) is 12.8. The molecule has 189 valence electrons. The number of hydrogen-bond donors (Lipinski definition) is 0. The first-order chi connectivity index (χ1) is 14.0.